The van der Waals surface area contributed by atoms with E-state index in [0.29, 0.717) is 5.69 Å². The van der Waals surface area contributed by atoms with Crippen molar-refractivity contribution in [2.75, 3.05) is 6.61 Å². The highest BCUT2D eigenvalue weighted by molar-refractivity contribution is 7.78. The summed E-state index contributed by atoms with van der Waals surface area (Å²) in [6, 6.07) is 2.89. The van der Waals surface area contributed by atoms with E-state index in [2.05, 4.69) is 4.98 Å². The van der Waals surface area contributed by atoms with Crippen LogP contribution in [0.1, 0.15) is 23.0 Å². The summed E-state index contributed by atoms with van der Waals surface area (Å²) in [6.45, 7) is 1.28. The number of rotatable bonds is 6. The Labute approximate surface area is 112 Å². The van der Waals surface area contributed by atoms with E-state index in [4.69, 9.17) is 4.74 Å². The summed E-state index contributed by atoms with van der Waals surface area (Å²) >= 11 is -2.22. The number of carbonyl (C=O) groups is 2. The van der Waals surface area contributed by atoms with Crippen molar-refractivity contribution >= 4 is 22.8 Å². The SMILES string of the molecule is CC=CC(=O)OCC(=O)c1ccc(CS(=O)[O-])nc1. The number of aromatic nitrogens is 1. The third kappa shape index (κ3) is 5.54. The van der Waals surface area contributed by atoms with Crippen LogP contribution in [0.15, 0.2) is 30.5 Å². The number of pyridine rings is 1. The molecule has 6 nitrogen and oxygen atoms in total. The van der Waals surface area contributed by atoms with Crippen LogP contribution in [0.25, 0.3) is 0 Å². The van der Waals surface area contributed by atoms with E-state index in [-0.39, 0.29) is 17.9 Å². The van der Waals surface area contributed by atoms with Crippen LogP contribution >= 0.6 is 0 Å². The molecule has 0 aliphatic heterocycles. The summed E-state index contributed by atoms with van der Waals surface area (Å²) in [5, 5.41) is 0. The van der Waals surface area contributed by atoms with Crippen LogP contribution < -0.4 is 0 Å². The molecule has 1 unspecified atom stereocenters. The number of ether oxygens (including phenoxy) is 1. The number of esters is 1. The highest BCUT2D eigenvalue weighted by atomic mass is 32.2. The summed E-state index contributed by atoms with van der Waals surface area (Å²) in [6.07, 6.45) is 3.97. The average molecular weight is 282 g/mol. The van der Waals surface area contributed by atoms with Gasteiger partial charge in [-0.2, -0.15) is 0 Å². The molecule has 1 aromatic rings. The first-order valence-corrected chi connectivity index (χ1v) is 6.60. The number of carbonyl (C=O) groups excluding carboxylic acids is 2. The molecule has 0 amide bonds. The van der Waals surface area contributed by atoms with E-state index in [9.17, 15) is 18.4 Å². The molecule has 0 aliphatic carbocycles. The Bertz CT molecular complexity index is 509. The van der Waals surface area contributed by atoms with Crippen LogP contribution in [-0.4, -0.2) is 32.1 Å². The zero-order valence-corrected chi connectivity index (χ0v) is 11.0. The van der Waals surface area contributed by atoms with Crippen molar-refractivity contribution in [3.63, 3.8) is 0 Å². The first-order valence-electron chi connectivity index (χ1n) is 5.36. The molecular weight excluding hydrogens is 270 g/mol. The Morgan fingerprint density at radius 2 is 2.21 bits per heavy atom. The van der Waals surface area contributed by atoms with Crippen molar-refractivity contribution in [2.24, 2.45) is 0 Å². The molecule has 0 saturated heterocycles. The van der Waals surface area contributed by atoms with Crippen LogP contribution in [0.5, 0.6) is 0 Å². The fourth-order valence-corrected chi connectivity index (χ4v) is 1.61. The molecule has 1 heterocycles. The average Bonchev–Trinajstić information content (AvgIpc) is 2.36. The molecule has 0 spiro atoms. The zero-order valence-electron chi connectivity index (χ0n) is 10.2. The van der Waals surface area contributed by atoms with Crippen LogP contribution in [-0.2, 0) is 26.4 Å². The van der Waals surface area contributed by atoms with Crippen molar-refractivity contribution in [3.8, 4) is 0 Å². The molecule has 102 valence electrons. The largest absolute Gasteiger partial charge is 0.772 e. The predicted octanol–water partition coefficient (Wildman–Crippen LogP) is 0.763. The second kappa shape index (κ2) is 7.55. The standard InChI is InChI=1S/C12H13NO5S/c1-2-3-12(15)18-7-11(14)9-4-5-10(13-6-9)8-19(16)17/h2-6H,7-8H2,1H3,(H,16,17)/p-1. The number of hydrogen-bond donors (Lipinski definition) is 0. The Morgan fingerprint density at radius 3 is 2.74 bits per heavy atom. The molecule has 1 atom stereocenters. The van der Waals surface area contributed by atoms with E-state index in [0.717, 1.165) is 0 Å². The van der Waals surface area contributed by atoms with Gasteiger partial charge in [-0.1, -0.05) is 6.08 Å². The van der Waals surface area contributed by atoms with Crippen molar-refractivity contribution < 1.29 is 23.1 Å². The van der Waals surface area contributed by atoms with Crippen LogP contribution in [0, 0.1) is 0 Å². The Morgan fingerprint density at radius 1 is 1.47 bits per heavy atom. The second-order valence-corrected chi connectivity index (χ2v) is 4.41. The van der Waals surface area contributed by atoms with E-state index in [1.54, 1.807) is 6.92 Å². The van der Waals surface area contributed by atoms with Gasteiger partial charge in [0.15, 0.2) is 6.61 Å². The maximum atomic E-state index is 11.6. The fourth-order valence-electron chi connectivity index (χ4n) is 1.20. The van der Waals surface area contributed by atoms with Gasteiger partial charge in [0.05, 0.1) is 11.4 Å². The maximum Gasteiger partial charge on any atom is 0.330 e. The fraction of sp³-hybridized carbons (Fsp3) is 0.250. The Hall–Kier alpha value is -1.86. The van der Waals surface area contributed by atoms with Gasteiger partial charge >= 0.3 is 5.97 Å². The summed E-state index contributed by atoms with van der Waals surface area (Å²) in [4.78, 5) is 26.5. The van der Waals surface area contributed by atoms with E-state index in [1.165, 1.54) is 30.5 Å². The molecule has 0 bridgehead atoms. The molecule has 0 saturated carbocycles. The quantitative estimate of drug-likeness (QED) is 0.331. The molecule has 0 N–H and O–H groups in total. The van der Waals surface area contributed by atoms with Gasteiger partial charge in [-0.05, 0) is 30.1 Å². The summed E-state index contributed by atoms with van der Waals surface area (Å²) in [7, 11) is 0. The lowest BCUT2D eigenvalue weighted by Crippen LogP contribution is -2.13. The van der Waals surface area contributed by atoms with E-state index in [1.807, 2.05) is 0 Å². The molecule has 1 aromatic heterocycles. The second-order valence-electron chi connectivity index (χ2n) is 3.52. The topological polar surface area (TPSA) is 96.4 Å². The van der Waals surface area contributed by atoms with Gasteiger partial charge in [-0.15, -0.1) is 0 Å². The summed E-state index contributed by atoms with van der Waals surface area (Å²) < 4.78 is 25.6. The Balaban J connectivity index is 2.58. The van der Waals surface area contributed by atoms with E-state index >= 15 is 0 Å². The lowest BCUT2D eigenvalue weighted by molar-refractivity contribution is -0.136. The van der Waals surface area contributed by atoms with Gasteiger partial charge < -0.3 is 9.29 Å². The van der Waals surface area contributed by atoms with Gasteiger partial charge in [0.2, 0.25) is 5.78 Å². The van der Waals surface area contributed by atoms with Gasteiger partial charge in [-0.3, -0.25) is 14.0 Å². The Kier molecular flexibility index (Phi) is 6.04. The lowest BCUT2D eigenvalue weighted by atomic mass is 10.2. The van der Waals surface area contributed by atoms with Crippen molar-refractivity contribution in [2.45, 2.75) is 12.7 Å². The van der Waals surface area contributed by atoms with Crippen LogP contribution in [0.3, 0.4) is 0 Å². The van der Waals surface area contributed by atoms with Crippen LogP contribution in [0.2, 0.25) is 0 Å². The molecule has 0 aliphatic rings. The number of ketones is 1. The maximum absolute atomic E-state index is 11.6. The minimum Gasteiger partial charge on any atom is -0.772 e. The van der Waals surface area contributed by atoms with Crippen LogP contribution in [0.4, 0.5) is 0 Å². The van der Waals surface area contributed by atoms with Gasteiger partial charge in [0, 0.05) is 17.8 Å². The smallest absolute Gasteiger partial charge is 0.330 e. The monoisotopic (exact) mass is 282 g/mol. The van der Waals surface area contributed by atoms with Crippen molar-refractivity contribution in [1.29, 1.82) is 0 Å². The molecule has 0 fully saturated rings. The zero-order chi connectivity index (χ0) is 14.3. The third-order valence-corrected chi connectivity index (χ3v) is 2.59. The van der Waals surface area contributed by atoms with E-state index < -0.39 is 22.8 Å². The highest BCUT2D eigenvalue weighted by Gasteiger charge is 2.09. The normalized spacial score (nSPS) is 12.3. The van der Waals surface area contributed by atoms with Gasteiger partial charge in [0.1, 0.15) is 0 Å². The summed E-state index contributed by atoms with van der Waals surface area (Å²) in [5.41, 5.74) is 0.601. The van der Waals surface area contributed by atoms with Crippen molar-refractivity contribution in [3.05, 3.63) is 41.7 Å². The molecule has 1 rings (SSSR count). The third-order valence-electron chi connectivity index (χ3n) is 2.06. The molecule has 19 heavy (non-hydrogen) atoms. The number of allylic oxidation sites excluding steroid dienone is 1. The molecule has 0 aromatic carbocycles. The lowest BCUT2D eigenvalue weighted by Gasteiger charge is -2.05. The first kappa shape index (κ1) is 15.2. The molecule has 0 radical (unpaired) electrons. The summed E-state index contributed by atoms with van der Waals surface area (Å²) in [5.74, 6) is -1.20. The molecule has 7 heteroatoms. The van der Waals surface area contributed by atoms with Crippen molar-refractivity contribution in [1.82, 2.24) is 4.98 Å². The minimum absolute atomic E-state index is 0.204. The van der Waals surface area contributed by atoms with Gasteiger partial charge in [0.25, 0.3) is 0 Å². The van der Waals surface area contributed by atoms with Gasteiger partial charge in [-0.25, -0.2) is 4.79 Å². The predicted molar refractivity (Wildman–Crippen MR) is 67.0 cm³/mol. The minimum atomic E-state index is -2.22. The number of nitrogens with zero attached hydrogens (tertiary/aromatic N) is 1. The molecular formula is C12H12NO5S-. The first-order chi connectivity index (χ1) is 9.02. The number of hydrogen-bond acceptors (Lipinski definition) is 6. The highest BCUT2D eigenvalue weighted by Crippen LogP contribution is 2.04. The number of Topliss-reactive ketones (excluding diaryl/α,β-unsaturated/α-hetero) is 1.